The van der Waals surface area contributed by atoms with Crippen molar-refractivity contribution in [3.8, 4) is 6.07 Å². The van der Waals surface area contributed by atoms with Crippen molar-refractivity contribution in [2.24, 2.45) is 5.73 Å². The van der Waals surface area contributed by atoms with E-state index in [1.165, 1.54) is 6.92 Å². The number of carbonyl (C=O) groups excluding carboxylic acids is 2. The molecule has 1 unspecified atom stereocenters. The predicted octanol–water partition coefficient (Wildman–Crippen LogP) is 0.670. The molecule has 0 rings (SSSR count). The summed E-state index contributed by atoms with van der Waals surface area (Å²) in [6.07, 6.45) is 1.03. The van der Waals surface area contributed by atoms with Crippen molar-refractivity contribution in [3.63, 3.8) is 0 Å². The minimum absolute atomic E-state index is 0.237. The van der Waals surface area contributed by atoms with Crippen molar-refractivity contribution in [2.45, 2.75) is 38.6 Å². The normalized spacial score (nSPS) is 13.3. The molecular formula is C10H17N3O3. The molecule has 0 spiro atoms. The summed E-state index contributed by atoms with van der Waals surface area (Å²) in [4.78, 5) is 21.8. The Morgan fingerprint density at radius 1 is 1.56 bits per heavy atom. The summed E-state index contributed by atoms with van der Waals surface area (Å²) in [6.45, 7) is 3.18. The van der Waals surface area contributed by atoms with Gasteiger partial charge in [-0.05, 0) is 13.3 Å². The van der Waals surface area contributed by atoms with Crippen molar-refractivity contribution in [1.29, 1.82) is 5.26 Å². The molecule has 90 valence electrons. The van der Waals surface area contributed by atoms with Gasteiger partial charge in [-0.2, -0.15) is 5.26 Å². The van der Waals surface area contributed by atoms with Crippen LogP contribution in [0, 0.1) is 11.3 Å². The minimum atomic E-state index is -1.22. The molecule has 6 nitrogen and oxygen atoms in total. The molecular weight excluding hydrogens is 210 g/mol. The Kier molecular flexibility index (Phi) is 5.93. The number of primary amides is 1. The van der Waals surface area contributed by atoms with Gasteiger partial charge < -0.3 is 15.8 Å². The fraction of sp³-hybridized carbons (Fsp3) is 0.700. The first kappa shape index (κ1) is 14.2. The van der Waals surface area contributed by atoms with Gasteiger partial charge in [0.25, 0.3) is 0 Å². The number of unbranched alkanes of at least 4 members (excludes halogenated alkanes) is 1. The number of hydrogen-bond acceptors (Lipinski definition) is 4. The minimum Gasteiger partial charge on any atom is -0.446 e. The Balaban J connectivity index is 4.20. The monoisotopic (exact) mass is 227 g/mol. The molecule has 16 heavy (non-hydrogen) atoms. The lowest BCUT2D eigenvalue weighted by molar-refractivity contribution is -0.122. The van der Waals surface area contributed by atoms with Gasteiger partial charge >= 0.3 is 6.09 Å². The molecule has 0 aliphatic heterocycles. The Bertz CT molecular complexity index is 298. The van der Waals surface area contributed by atoms with E-state index in [-0.39, 0.29) is 12.5 Å². The highest BCUT2D eigenvalue weighted by atomic mass is 16.5. The summed E-state index contributed by atoms with van der Waals surface area (Å²) < 4.78 is 4.50. The molecule has 0 fully saturated rings. The maximum Gasteiger partial charge on any atom is 0.404 e. The Morgan fingerprint density at radius 2 is 2.19 bits per heavy atom. The van der Waals surface area contributed by atoms with Gasteiger partial charge in [-0.3, -0.25) is 4.79 Å². The van der Waals surface area contributed by atoms with Crippen LogP contribution in [-0.2, 0) is 9.53 Å². The summed E-state index contributed by atoms with van der Waals surface area (Å²) >= 11 is 0. The van der Waals surface area contributed by atoms with Crippen LogP contribution in [0.4, 0.5) is 4.79 Å². The fourth-order valence-corrected chi connectivity index (χ4v) is 1.02. The van der Waals surface area contributed by atoms with Crippen LogP contribution in [0.2, 0.25) is 0 Å². The third kappa shape index (κ3) is 5.86. The van der Waals surface area contributed by atoms with Crippen molar-refractivity contribution in [2.75, 3.05) is 6.61 Å². The van der Waals surface area contributed by atoms with E-state index < -0.39 is 11.6 Å². The number of amides is 2. The molecule has 0 saturated heterocycles. The van der Waals surface area contributed by atoms with Crippen LogP contribution in [0.5, 0.6) is 0 Å². The van der Waals surface area contributed by atoms with Crippen LogP contribution in [0.1, 0.15) is 33.1 Å². The first-order valence-electron chi connectivity index (χ1n) is 5.08. The van der Waals surface area contributed by atoms with E-state index in [2.05, 4.69) is 10.1 Å². The summed E-state index contributed by atoms with van der Waals surface area (Å²) in [5, 5.41) is 11.4. The number of ether oxygens (including phenoxy) is 1. The lowest BCUT2D eigenvalue weighted by Gasteiger charge is -2.22. The van der Waals surface area contributed by atoms with E-state index in [0.717, 1.165) is 12.8 Å². The summed E-state index contributed by atoms with van der Waals surface area (Å²) in [5.41, 5.74) is 3.56. The van der Waals surface area contributed by atoms with E-state index in [1.54, 1.807) is 0 Å². The molecule has 0 aromatic heterocycles. The van der Waals surface area contributed by atoms with Crippen molar-refractivity contribution in [3.05, 3.63) is 0 Å². The van der Waals surface area contributed by atoms with Crippen molar-refractivity contribution < 1.29 is 14.3 Å². The Morgan fingerprint density at radius 3 is 2.62 bits per heavy atom. The molecule has 1 atom stereocenters. The second kappa shape index (κ2) is 6.67. The van der Waals surface area contributed by atoms with Gasteiger partial charge in [0.05, 0.1) is 6.07 Å². The molecule has 6 heteroatoms. The zero-order chi connectivity index (χ0) is 12.6. The van der Waals surface area contributed by atoms with Gasteiger partial charge in [-0.1, -0.05) is 13.3 Å². The number of nitrogens with two attached hydrogens (primary N) is 1. The van der Waals surface area contributed by atoms with Crippen LogP contribution >= 0.6 is 0 Å². The molecule has 0 heterocycles. The molecule has 0 aromatic rings. The van der Waals surface area contributed by atoms with Crippen molar-refractivity contribution >= 4 is 12.0 Å². The molecule has 0 aromatic carbocycles. The van der Waals surface area contributed by atoms with Crippen LogP contribution in [0.15, 0.2) is 0 Å². The van der Waals surface area contributed by atoms with E-state index in [4.69, 9.17) is 11.0 Å². The molecule has 0 saturated carbocycles. The van der Waals surface area contributed by atoms with Gasteiger partial charge in [0.1, 0.15) is 6.61 Å². The molecule has 0 bridgehead atoms. The van der Waals surface area contributed by atoms with E-state index in [9.17, 15) is 9.59 Å². The van der Waals surface area contributed by atoms with Crippen LogP contribution < -0.4 is 11.1 Å². The van der Waals surface area contributed by atoms with E-state index in [1.807, 2.05) is 13.0 Å². The highest BCUT2D eigenvalue weighted by molar-refractivity contribution is 5.77. The highest BCUT2D eigenvalue weighted by Crippen LogP contribution is 2.04. The second-order valence-corrected chi connectivity index (χ2v) is 3.70. The quantitative estimate of drug-likeness (QED) is 0.695. The topological polar surface area (TPSA) is 105 Å². The van der Waals surface area contributed by atoms with Gasteiger partial charge in [-0.15, -0.1) is 0 Å². The number of nitrogens with one attached hydrogen (secondary N) is 1. The molecule has 0 radical (unpaired) electrons. The molecule has 2 amide bonds. The maximum atomic E-state index is 11.4. The van der Waals surface area contributed by atoms with Gasteiger partial charge in [0.15, 0.2) is 5.54 Å². The smallest absolute Gasteiger partial charge is 0.404 e. The van der Waals surface area contributed by atoms with Gasteiger partial charge in [-0.25, -0.2) is 4.79 Å². The Labute approximate surface area is 94.7 Å². The third-order valence-electron chi connectivity index (χ3n) is 1.92. The average Bonchev–Trinajstić information content (AvgIpc) is 2.23. The van der Waals surface area contributed by atoms with E-state index in [0.29, 0.717) is 6.42 Å². The number of rotatable bonds is 6. The van der Waals surface area contributed by atoms with Crippen LogP contribution in [-0.4, -0.2) is 24.1 Å². The number of nitrogens with zero attached hydrogens (tertiary/aromatic N) is 1. The molecule has 0 aliphatic carbocycles. The lowest BCUT2D eigenvalue weighted by atomic mass is 10.1. The molecule has 3 N–H and O–H groups in total. The predicted molar refractivity (Wildman–Crippen MR) is 57.2 cm³/mol. The van der Waals surface area contributed by atoms with Crippen molar-refractivity contribution in [1.82, 2.24) is 5.32 Å². The summed E-state index contributed by atoms with van der Waals surface area (Å²) in [6, 6.07) is 1.88. The zero-order valence-corrected chi connectivity index (χ0v) is 9.58. The number of carbonyl (C=O) groups is 2. The van der Waals surface area contributed by atoms with Crippen LogP contribution in [0.3, 0.4) is 0 Å². The number of hydrogen-bond donors (Lipinski definition) is 2. The van der Waals surface area contributed by atoms with Crippen LogP contribution in [0.25, 0.3) is 0 Å². The zero-order valence-electron chi connectivity index (χ0n) is 9.58. The fourth-order valence-electron chi connectivity index (χ4n) is 1.02. The summed E-state index contributed by atoms with van der Waals surface area (Å²) in [5.74, 6) is -0.237. The van der Waals surface area contributed by atoms with Gasteiger partial charge in [0, 0.05) is 6.42 Å². The standard InChI is InChI=1S/C10H17N3O3/c1-3-4-5-8(14)13-10(2,6-11)7-16-9(12)15/h3-5,7H2,1-2H3,(H2,12,15)(H,13,14). The first-order valence-corrected chi connectivity index (χ1v) is 5.08. The maximum absolute atomic E-state index is 11.4. The molecule has 0 aliphatic rings. The average molecular weight is 227 g/mol. The van der Waals surface area contributed by atoms with E-state index >= 15 is 0 Å². The first-order chi connectivity index (χ1) is 7.43. The summed E-state index contributed by atoms with van der Waals surface area (Å²) in [7, 11) is 0. The second-order valence-electron chi connectivity index (χ2n) is 3.70. The highest BCUT2D eigenvalue weighted by Gasteiger charge is 2.27. The SMILES string of the molecule is CCCCC(=O)NC(C)(C#N)COC(N)=O. The largest absolute Gasteiger partial charge is 0.446 e. The van der Waals surface area contributed by atoms with Gasteiger partial charge in [0.2, 0.25) is 5.91 Å². The third-order valence-corrected chi connectivity index (χ3v) is 1.92. The Hall–Kier alpha value is -1.77. The lowest BCUT2D eigenvalue weighted by Crippen LogP contribution is -2.49. The number of nitriles is 1.